The average Bonchev–Trinajstić information content (AvgIpc) is 3.09. The molecule has 3 rings (SSSR count). The van der Waals surface area contributed by atoms with Gasteiger partial charge in [0.2, 0.25) is 0 Å². The molecule has 3 aromatic rings. The van der Waals surface area contributed by atoms with E-state index in [1.165, 1.54) is 15.6 Å². The molecule has 1 aromatic carbocycles. The van der Waals surface area contributed by atoms with Crippen LogP contribution in [0.4, 0.5) is 5.13 Å². The monoisotopic (exact) mass is 388 g/mol. The number of nitrogens with one attached hydrogen (secondary N) is 1. The van der Waals surface area contributed by atoms with Crippen LogP contribution in [0.2, 0.25) is 0 Å². The van der Waals surface area contributed by atoms with E-state index in [-0.39, 0.29) is 0 Å². The first-order chi connectivity index (χ1) is 11.0. The third kappa shape index (κ3) is 3.18. The van der Waals surface area contributed by atoms with Gasteiger partial charge in [0.1, 0.15) is 0 Å². The van der Waals surface area contributed by atoms with Gasteiger partial charge >= 0.3 is 10.2 Å². The van der Waals surface area contributed by atoms with Gasteiger partial charge in [0.05, 0.1) is 20.4 Å². The van der Waals surface area contributed by atoms with Gasteiger partial charge in [0.25, 0.3) is 0 Å². The molecule has 0 aliphatic heterocycles. The van der Waals surface area contributed by atoms with Crippen LogP contribution in [0, 0.1) is 0 Å². The molecule has 6 nitrogen and oxygen atoms in total. The van der Waals surface area contributed by atoms with Crippen LogP contribution < -0.4 is 4.72 Å². The number of fused-ring (bicyclic) bond motifs is 3. The number of thiazole rings is 2. The molecule has 0 amide bonds. The molecule has 23 heavy (non-hydrogen) atoms. The maximum absolute atomic E-state index is 12.3. The molecule has 0 spiro atoms. The summed E-state index contributed by atoms with van der Waals surface area (Å²) in [6.07, 6.45) is 1.99. The molecule has 0 saturated heterocycles. The number of anilines is 1. The lowest BCUT2D eigenvalue weighted by Gasteiger charge is -2.17. The van der Waals surface area contributed by atoms with E-state index in [1.54, 1.807) is 23.1 Å². The van der Waals surface area contributed by atoms with Crippen LogP contribution in [0.25, 0.3) is 20.4 Å². The number of nitrogens with zero attached hydrogens (tertiary/aromatic N) is 3. The van der Waals surface area contributed by atoms with Crippen LogP contribution in [-0.4, -0.2) is 42.0 Å². The second-order valence-corrected chi connectivity index (χ2v) is 9.38. The molecule has 124 valence electrons. The van der Waals surface area contributed by atoms with E-state index in [2.05, 4.69) is 14.7 Å². The van der Waals surface area contributed by atoms with Crippen molar-refractivity contribution in [3.63, 3.8) is 0 Å². The zero-order valence-corrected chi connectivity index (χ0v) is 16.1. The third-order valence-electron chi connectivity index (χ3n) is 3.33. The fraction of sp³-hybridized carbons (Fsp3) is 0.385. The quantitative estimate of drug-likeness (QED) is 0.653. The highest BCUT2D eigenvalue weighted by molar-refractivity contribution is 8.00. The number of thioether (sulfide) groups is 1. The molecule has 0 atom stereocenters. The minimum Gasteiger partial charge on any atom is -0.246 e. The van der Waals surface area contributed by atoms with Crippen molar-refractivity contribution in [1.29, 1.82) is 0 Å². The zero-order valence-electron chi connectivity index (χ0n) is 12.9. The molecular formula is C13H16N4O2S4. The normalized spacial score (nSPS) is 12.5. The standard InChI is InChI=1S/C13H16N4O2S4/c1-4-17(5-2)23(18,19)16-12-14-8-6-7-9-11(10(8)21-12)22-13(15-9)20-3/h6-7H,4-5H2,1-3H3,(H,14,16). The van der Waals surface area contributed by atoms with Crippen molar-refractivity contribution in [2.24, 2.45) is 0 Å². The number of aromatic nitrogens is 2. The van der Waals surface area contributed by atoms with Crippen LogP contribution in [-0.2, 0) is 10.2 Å². The Morgan fingerprint density at radius 3 is 2.35 bits per heavy atom. The fourth-order valence-corrected chi connectivity index (χ4v) is 6.29. The van der Waals surface area contributed by atoms with Crippen LogP contribution in [0.1, 0.15) is 13.8 Å². The van der Waals surface area contributed by atoms with E-state index >= 15 is 0 Å². The highest BCUT2D eigenvalue weighted by Crippen LogP contribution is 2.38. The Balaban J connectivity index is 2.03. The highest BCUT2D eigenvalue weighted by atomic mass is 32.2. The van der Waals surface area contributed by atoms with Crippen LogP contribution in [0.5, 0.6) is 0 Å². The molecule has 0 saturated carbocycles. The number of benzene rings is 1. The van der Waals surface area contributed by atoms with E-state index < -0.39 is 10.2 Å². The smallest absolute Gasteiger partial charge is 0.246 e. The second kappa shape index (κ2) is 6.52. The van der Waals surface area contributed by atoms with Gasteiger partial charge in [0, 0.05) is 13.1 Å². The van der Waals surface area contributed by atoms with Gasteiger partial charge in [0.15, 0.2) is 9.47 Å². The van der Waals surface area contributed by atoms with Gasteiger partial charge in [-0.3, -0.25) is 0 Å². The maximum Gasteiger partial charge on any atom is 0.303 e. The lowest BCUT2D eigenvalue weighted by molar-refractivity contribution is 0.449. The second-order valence-electron chi connectivity index (χ2n) is 4.66. The Labute approximate surface area is 147 Å². The lowest BCUT2D eigenvalue weighted by Crippen LogP contribution is -2.35. The first-order valence-electron chi connectivity index (χ1n) is 7.00. The van der Waals surface area contributed by atoms with Crippen LogP contribution >= 0.6 is 34.4 Å². The van der Waals surface area contributed by atoms with Crippen LogP contribution in [0.15, 0.2) is 16.5 Å². The van der Waals surface area contributed by atoms with Gasteiger partial charge in [-0.15, -0.1) is 11.3 Å². The summed E-state index contributed by atoms with van der Waals surface area (Å²) in [5, 5.41) is 0.388. The van der Waals surface area contributed by atoms with Crippen molar-refractivity contribution in [2.75, 3.05) is 24.1 Å². The zero-order chi connectivity index (χ0) is 16.6. The van der Waals surface area contributed by atoms with Crippen molar-refractivity contribution in [2.45, 2.75) is 18.2 Å². The van der Waals surface area contributed by atoms with Crippen molar-refractivity contribution in [3.8, 4) is 0 Å². The summed E-state index contributed by atoms with van der Waals surface area (Å²) in [6, 6.07) is 3.81. The lowest BCUT2D eigenvalue weighted by atomic mass is 10.3. The first kappa shape index (κ1) is 16.9. The highest BCUT2D eigenvalue weighted by Gasteiger charge is 2.21. The molecule has 0 radical (unpaired) electrons. The van der Waals surface area contributed by atoms with Gasteiger partial charge < -0.3 is 0 Å². The molecular weight excluding hydrogens is 372 g/mol. The Morgan fingerprint density at radius 1 is 1.13 bits per heavy atom. The summed E-state index contributed by atoms with van der Waals surface area (Å²) in [4.78, 5) is 8.94. The van der Waals surface area contributed by atoms with Gasteiger partial charge in [-0.25, -0.2) is 14.7 Å². The van der Waals surface area contributed by atoms with Crippen LogP contribution in [0.3, 0.4) is 0 Å². The number of hydrogen-bond donors (Lipinski definition) is 1. The Kier molecular flexibility index (Phi) is 4.79. The topological polar surface area (TPSA) is 75.2 Å². The SMILES string of the molecule is CCN(CC)S(=O)(=O)Nc1nc2ccc3nc(SC)sc3c2s1. The maximum atomic E-state index is 12.3. The Morgan fingerprint density at radius 2 is 1.74 bits per heavy atom. The van der Waals surface area contributed by atoms with Crippen molar-refractivity contribution >= 4 is 70.2 Å². The van der Waals surface area contributed by atoms with Crippen molar-refractivity contribution in [1.82, 2.24) is 14.3 Å². The number of hydrogen-bond acceptors (Lipinski definition) is 7. The Hall–Kier alpha value is -0.940. The summed E-state index contributed by atoms with van der Waals surface area (Å²) in [5.74, 6) is 0. The summed E-state index contributed by atoms with van der Waals surface area (Å²) in [7, 11) is -3.56. The minimum absolute atomic E-state index is 0.388. The molecule has 0 aliphatic carbocycles. The summed E-state index contributed by atoms with van der Waals surface area (Å²) >= 11 is 4.56. The third-order valence-corrected chi connectivity index (χ3v) is 8.31. The molecule has 0 bridgehead atoms. The molecule has 10 heteroatoms. The molecule has 2 aromatic heterocycles. The van der Waals surface area contributed by atoms with E-state index in [0.29, 0.717) is 18.2 Å². The summed E-state index contributed by atoms with van der Waals surface area (Å²) < 4.78 is 31.6. The molecule has 0 aliphatic rings. The summed E-state index contributed by atoms with van der Waals surface area (Å²) in [5.41, 5.74) is 1.71. The van der Waals surface area contributed by atoms with E-state index in [1.807, 2.05) is 32.2 Å². The first-order valence-corrected chi connectivity index (χ1v) is 11.3. The predicted molar refractivity (Wildman–Crippen MR) is 100 cm³/mol. The van der Waals surface area contributed by atoms with Gasteiger partial charge in [-0.2, -0.15) is 12.7 Å². The summed E-state index contributed by atoms with van der Waals surface area (Å²) in [6.45, 7) is 4.47. The van der Waals surface area contributed by atoms with Gasteiger partial charge in [-0.05, 0) is 18.4 Å². The minimum atomic E-state index is -3.56. The molecule has 0 unspecified atom stereocenters. The largest absolute Gasteiger partial charge is 0.303 e. The fourth-order valence-electron chi connectivity index (χ4n) is 2.22. The molecule has 2 heterocycles. The van der Waals surface area contributed by atoms with Gasteiger partial charge in [-0.1, -0.05) is 36.9 Å². The molecule has 1 N–H and O–H groups in total. The Bertz CT molecular complexity index is 944. The van der Waals surface area contributed by atoms with E-state index in [9.17, 15) is 8.42 Å². The molecule has 0 fully saturated rings. The van der Waals surface area contributed by atoms with Crippen molar-refractivity contribution in [3.05, 3.63) is 12.1 Å². The van der Waals surface area contributed by atoms with Crippen molar-refractivity contribution < 1.29 is 8.42 Å². The average molecular weight is 389 g/mol. The number of rotatable bonds is 6. The van der Waals surface area contributed by atoms with E-state index in [0.717, 1.165) is 24.8 Å². The van der Waals surface area contributed by atoms with E-state index in [4.69, 9.17) is 0 Å². The predicted octanol–water partition coefficient (Wildman–Crippen LogP) is 3.63.